The average Bonchev–Trinajstić information content (AvgIpc) is 3.15. The second-order valence-corrected chi connectivity index (χ2v) is 9.25. The molecule has 0 amide bonds. The fraction of sp³-hybridized carbons (Fsp3) is 0.625. The minimum absolute atomic E-state index is 0.0357. The molecule has 1 aromatic rings. The van der Waals surface area contributed by atoms with Crippen LogP contribution in [0.5, 0.6) is 0 Å². The number of aryl methyl sites for hydroxylation is 1. The molecule has 1 aliphatic carbocycles. The lowest BCUT2D eigenvalue weighted by atomic mass is 9.79. The highest BCUT2D eigenvalue weighted by Crippen LogP contribution is 2.48. The van der Waals surface area contributed by atoms with Gasteiger partial charge in [0.25, 0.3) is 0 Å². The second-order valence-electron chi connectivity index (χ2n) is 9.25. The number of fused-ring (bicyclic) bond motifs is 1. The van der Waals surface area contributed by atoms with Crippen LogP contribution in [0.25, 0.3) is 0 Å². The normalized spacial score (nSPS) is 28.0. The number of nitrogens with zero attached hydrogens (tertiary/aromatic N) is 1. The topological polar surface area (TPSA) is 147 Å². The summed E-state index contributed by atoms with van der Waals surface area (Å²) in [4.78, 5) is 40.1. The van der Waals surface area contributed by atoms with E-state index >= 15 is 0 Å². The van der Waals surface area contributed by atoms with E-state index in [1.165, 1.54) is 4.90 Å². The summed E-state index contributed by atoms with van der Waals surface area (Å²) in [6.45, 7) is -0.0357. The maximum Gasteiger partial charge on any atom is 0.332 e. The number of nitrogens with two attached hydrogens (primary N) is 2. The molecular weight excluding hydrogens is 429 g/mol. The molecule has 4 unspecified atom stereocenters. The van der Waals surface area contributed by atoms with E-state index in [1.54, 1.807) is 0 Å². The number of halogens is 1. The van der Waals surface area contributed by atoms with Gasteiger partial charge in [-0.15, -0.1) is 0 Å². The number of hydrogen-bond acceptors (Lipinski definition) is 6. The van der Waals surface area contributed by atoms with Gasteiger partial charge in [0, 0.05) is 6.04 Å². The maximum absolute atomic E-state index is 14.6. The molecule has 0 aromatic heterocycles. The standard InChI is InChI=1S/C24H34FN3O5/c25-17(12-13-26)20(27)21(29)24(23(32)33)14-16-8-4-5-9-18(16)28(24)19(22(30)31)11-10-15-6-2-1-3-7-15/h1-3,6-7,16-20H,4-5,8-14,26-27H2,(H,30,31)(H,32,33)/t16?,17?,18?,19-,20-,24?/m0/s1. The van der Waals surface area contributed by atoms with Gasteiger partial charge in [-0.2, -0.15) is 0 Å². The molecule has 0 spiro atoms. The maximum atomic E-state index is 14.6. The van der Waals surface area contributed by atoms with E-state index in [9.17, 15) is 29.0 Å². The van der Waals surface area contributed by atoms with E-state index in [2.05, 4.69) is 0 Å². The van der Waals surface area contributed by atoms with Crippen molar-refractivity contribution in [3.8, 4) is 0 Å². The molecular formula is C24H34FN3O5. The van der Waals surface area contributed by atoms with E-state index in [0.717, 1.165) is 18.4 Å². The molecule has 2 aliphatic rings. The molecule has 3 rings (SSSR count). The van der Waals surface area contributed by atoms with Crippen molar-refractivity contribution in [3.05, 3.63) is 35.9 Å². The Balaban J connectivity index is 2.02. The van der Waals surface area contributed by atoms with Crippen molar-refractivity contribution >= 4 is 17.7 Å². The molecule has 0 bridgehead atoms. The summed E-state index contributed by atoms with van der Waals surface area (Å²) in [6, 6.07) is 6.03. The second kappa shape index (κ2) is 10.7. The van der Waals surface area contributed by atoms with Crippen molar-refractivity contribution in [1.82, 2.24) is 4.90 Å². The lowest BCUT2D eigenvalue weighted by molar-refractivity contribution is -0.164. The third-order valence-corrected chi connectivity index (χ3v) is 7.29. The molecule has 1 aromatic carbocycles. The van der Waals surface area contributed by atoms with Crippen LogP contribution in [0.2, 0.25) is 0 Å². The van der Waals surface area contributed by atoms with Crippen LogP contribution in [0.15, 0.2) is 30.3 Å². The van der Waals surface area contributed by atoms with E-state index in [-0.39, 0.29) is 37.8 Å². The summed E-state index contributed by atoms with van der Waals surface area (Å²) in [5, 5.41) is 20.5. The Labute approximate surface area is 193 Å². The smallest absolute Gasteiger partial charge is 0.332 e. The lowest BCUT2D eigenvalue weighted by Crippen LogP contribution is -2.67. The van der Waals surface area contributed by atoms with Crippen molar-refractivity contribution in [3.63, 3.8) is 0 Å². The van der Waals surface area contributed by atoms with Crippen molar-refractivity contribution in [2.75, 3.05) is 6.54 Å². The first-order chi connectivity index (χ1) is 15.7. The first kappa shape index (κ1) is 25.3. The van der Waals surface area contributed by atoms with Gasteiger partial charge in [0.15, 0.2) is 11.3 Å². The molecule has 9 heteroatoms. The number of aliphatic carboxylic acids is 2. The van der Waals surface area contributed by atoms with Crippen molar-refractivity contribution in [2.24, 2.45) is 17.4 Å². The van der Waals surface area contributed by atoms with Crippen LogP contribution in [-0.2, 0) is 20.8 Å². The Hall–Kier alpha value is -2.36. The zero-order valence-electron chi connectivity index (χ0n) is 18.7. The molecule has 8 nitrogen and oxygen atoms in total. The van der Waals surface area contributed by atoms with Gasteiger partial charge in [-0.1, -0.05) is 43.2 Å². The third kappa shape index (κ3) is 4.95. The molecule has 1 saturated heterocycles. The SMILES string of the molecule is NCCC(F)[C@H](N)C(=O)C1(C(=O)O)CC2CCCCC2N1[C@@H](CCc1ccccc1)C(=O)O. The highest BCUT2D eigenvalue weighted by Gasteiger charge is 2.64. The quantitative estimate of drug-likeness (QED) is 0.363. The molecule has 1 aliphatic heterocycles. The van der Waals surface area contributed by atoms with Gasteiger partial charge in [0.2, 0.25) is 0 Å². The summed E-state index contributed by atoms with van der Waals surface area (Å²) in [5.41, 5.74) is 10.1. The number of benzene rings is 1. The van der Waals surface area contributed by atoms with E-state index < -0.39 is 41.5 Å². The summed E-state index contributed by atoms with van der Waals surface area (Å²) in [5.74, 6) is -3.76. The van der Waals surface area contributed by atoms with Crippen LogP contribution in [0.1, 0.15) is 50.5 Å². The predicted octanol–water partition coefficient (Wildman–Crippen LogP) is 1.74. The number of alkyl halides is 1. The molecule has 6 atom stereocenters. The Morgan fingerprint density at radius 2 is 1.79 bits per heavy atom. The third-order valence-electron chi connectivity index (χ3n) is 7.29. The first-order valence-corrected chi connectivity index (χ1v) is 11.7. The minimum atomic E-state index is -2.17. The molecule has 182 valence electrons. The van der Waals surface area contributed by atoms with Gasteiger partial charge in [0.1, 0.15) is 12.2 Å². The number of likely N-dealkylation sites (tertiary alicyclic amines) is 1. The number of carboxylic acid groups (broad SMARTS) is 2. The van der Waals surface area contributed by atoms with Crippen molar-refractivity contribution in [2.45, 2.75) is 81.2 Å². The first-order valence-electron chi connectivity index (χ1n) is 11.7. The zero-order chi connectivity index (χ0) is 24.2. The number of Topliss-reactive ketones (excluding diaryl/α,β-unsaturated/α-hetero) is 1. The Morgan fingerprint density at radius 3 is 2.39 bits per heavy atom. The molecule has 6 N–H and O–H groups in total. The van der Waals surface area contributed by atoms with Crippen LogP contribution < -0.4 is 11.5 Å². The van der Waals surface area contributed by atoms with Crippen LogP contribution in [0.3, 0.4) is 0 Å². The molecule has 2 fully saturated rings. The van der Waals surface area contributed by atoms with Crippen molar-refractivity contribution in [1.29, 1.82) is 0 Å². The van der Waals surface area contributed by atoms with Crippen LogP contribution in [-0.4, -0.2) is 69.2 Å². The summed E-state index contributed by atoms with van der Waals surface area (Å²) in [6.07, 6.45) is 1.50. The van der Waals surface area contributed by atoms with Gasteiger partial charge in [-0.3, -0.25) is 14.5 Å². The zero-order valence-corrected chi connectivity index (χ0v) is 18.7. The van der Waals surface area contributed by atoms with Crippen LogP contribution >= 0.6 is 0 Å². The number of rotatable bonds is 11. The number of carbonyl (C=O) groups is 3. The number of carboxylic acids is 2. The summed E-state index contributed by atoms with van der Waals surface area (Å²) < 4.78 is 14.6. The fourth-order valence-electron chi connectivity index (χ4n) is 5.70. The Kier molecular flexibility index (Phi) is 8.20. The highest BCUT2D eigenvalue weighted by atomic mass is 19.1. The molecule has 33 heavy (non-hydrogen) atoms. The van der Waals surface area contributed by atoms with Gasteiger partial charge in [-0.05, 0) is 56.6 Å². The van der Waals surface area contributed by atoms with E-state index in [0.29, 0.717) is 19.3 Å². The number of carbonyl (C=O) groups excluding carboxylic acids is 1. The van der Waals surface area contributed by atoms with Gasteiger partial charge >= 0.3 is 11.9 Å². The predicted molar refractivity (Wildman–Crippen MR) is 120 cm³/mol. The van der Waals surface area contributed by atoms with Gasteiger partial charge < -0.3 is 21.7 Å². The van der Waals surface area contributed by atoms with Crippen molar-refractivity contribution < 1.29 is 29.0 Å². The largest absolute Gasteiger partial charge is 0.480 e. The lowest BCUT2D eigenvalue weighted by Gasteiger charge is -2.42. The van der Waals surface area contributed by atoms with Gasteiger partial charge in [0.05, 0.1) is 6.04 Å². The number of hydrogen-bond donors (Lipinski definition) is 4. The summed E-state index contributed by atoms with van der Waals surface area (Å²) in [7, 11) is 0. The molecule has 0 radical (unpaired) electrons. The van der Waals surface area contributed by atoms with E-state index in [1.807, 2.05) is 30.3 Å². The number of ketones is 1. The average molecular weight is 464 g/mol. The van der Waals surface area contributed by atoms with E-state index in [4.69, 9.17) is 11.5 Å². The van der Waals surface area contributed by atoms with Gasteiger partial charge in [-0.25, -0.2) is 9.18 Å². The monoisotopic (exact) mass is 463 g/mol. The highest BCUT2D eigenvalue weighted by molar-refractivity contribution is 6.11. The Morgan fingerprint density at radius 1 is 1.12 bits per heavy atom. The van der Waals surface area contributed by atoms with Crippen LogP contribution in [0, 0.1) is 5.92 Å². The molecule has 1 heterocycles. The minimum Gasteiger partial charge on any atom is -0.480 e. The summed E-state index contributed by atoms with van der Waals surface area (Å²) >= 11 is 0. The fourth-order valence-corrected chi connectivity index (χ4v) is 5.70. The molecule has 1 saturated carbocycles. The Bertz CT molecular complexity index is 854. The van der Waals surface area contributed by atoms with Crippen LogP contribution in [0.4, 0.5) is 4.39 Å².